The molecular weight excluding hydrogens is 276 g/mol. The second-order valence-electron chi connectivity index (χ2n) is 7.99. The van der Waals surface area contributed by atoms with Crippen LogP contribution in [-0.4, -0.2) is 22.6 Å². The van der Waals surface area contributed by atoms with Crippen LogP contribution in [0.25, 0.3) is 0 Å². The molecule has 1 aliphatic heterocycles. The van der Waals surface area contributed by atoms with Crippen LogP contribution < -0.4 is 5.32 Å². The summed E-state index contributed by atoms with van der Waals surface area (Å²) in [6.45, 7) is 9.17. The van der Waals surface area contributed by atoms with Gasteiger partial charge in [-0.25, -0.2) is 0 Å². The van der Waals surface area contributed by atoms with Gasteiger partial charge in [0.2, 0.25) is 0 Å². The molecular formula is C18H26N2S. The van der Waals surface area contributed by atoms with Gasteiger partial charge in [0.1, 0.15) is 0 Å². The first-order chi connectivity index (χ1) is 9.87. The summed E-state index contributed by atoms with van der Waals surface area (Å²) >= 11 is 5.68. The molecule has 3 heteroatoms. The molecule has 2 aliphatic rings. The molecule has 2 nitrogen and oxygen atoms in total. The molecule has 1 N–H and O–H groups in total. The molecule has 2 atom stereocenters. The van der Waals surface area contributed by atoms with Crippen molar-refractivity contribution in [3.05, 3.63) is 35.9 Å². The Hall–Kier alpha value is -1.09. The van der Waals surface area contributed by atoms with Crippen LogP contribution >= 0.6 is 12.2 Å². The van der Waals surface area contributed by atoms with Gasteiger partial charge in [0, 0.05) is 19.1 Å². The number of thiocarbonyl (C=S) groups is 1. The Morgan fingerprint density at radius 2 is 1.95 bits per heavy atom. The predicted octanol–water partition coefficient (Wildman–Crippen LogP) is 3.96. The zero-order valence-electron chi connectivity index (χ0n) is 13.4. The van der Waals surface area contributed by atoms with E-state index in [-0.39, 0.29) is 0 Å². The van der Waals surface area contributed by atoms with E-state index in [2.05, 4.69) is 55.3 Å². The first kappa shape index (κ1) is 14.8. The smallest absolute Gasteiger partial charge is 0.169 e. The van der Waals surface area contributed by atoms with Gasteiger partial charge >= 0.3 is 0 Å². The van der Waals surface area contributed by atoms with Gasteiger partial charge in [0.25, 0.3) is 0 Å². The summed E-state index contributed by atoms with van der Waals surface area (Å²) in [6.07, 6.45) is 3.87. The Bertz CT molecular complexity index is 525. The SMILES string of the molecule is CC1(C)CC2CC(C)(CN2C(=S)NCc2ccccc2)C1. The summed E-state index contributed by atoms with van der Waals surface area (Å²) in [7, 11) is 0. The molecule has 0 radical (unpaired) electrons. The van der Waals surface area contributed by atoms with E-state index < -0.39 is 0 Å². The summed E-state index contributed by atoms with van der Waals surface area (Å²) in [5.41, 5.74) is 2.17. The highest BCUT2D eigenvalue weighted by Crippen LogP contribution is 2.52. The van der Waals surface area contributed by atoms with Gasteiger partial charge in [0.05, 0.1) is 0 Å². The van der Waals surface area contributed by atoms with E-state index in [1.165, 1.54) is 24.8 Å². The molecule has 1 saturated heterocycles. The molecule has 1 heterocycles. The molecule has 3 rings (SSSR count). The van der Waals surface area contributed by atoms with Gasteiger partial charge in [-0.15, -0.1) is 0 Å². The van der Waals surface area contributed by atoms with Crippen LogP contribution in [0, 0.1) is 10.8 Å². The lowest BCUT2D eigenvalue weighted by molar-refractivity contribution is 0.132. The Balaban J connectivity index is 1.64. The van der Waals surface area contributed by atoms with E-state index in [1.807, 2.05) is 6.07 Å². The minimum absolute atomic E-state index is 0.435. The Morgan fingerprint density at radius 1 is 1.24 bits per heavy atom. The van der Waals surface area contributed by atoms with Crippen molar-refractivity contribution in [1.29, 1.82) is 0 Å². The molecule has 21 heavy (non-hydrogen) atoms. The van der Waals surface area contributed by atoms with Crippen molar-refractivity contribution < 1.29 is 0 Å². The third-order valence-electron chi connectivity index (χ3n) is 4.96. The van der Waals surface area contributed by atoms with Gasteiger partial charge in [-0.05, 0) is 47.9 Å². The van der Waals surface area contributed by atoms with Crippen LogP contribution in [0.3, 0.4) is 0 Å². The maximum absolute atomic E-state index is 5.68. The lowest BCUT2D eigenvalue weighted by Gasteiger charge is -2.39. The summed E-state index contributed by atoms with van der Waals surface area (Å²) in [5.74, 6) is 0. The van der Waals surface area contributed by atoms with Gasteiger partial charge < -0.3 is 10.2 Å². The van der Waals surface area contributed by atoms with Crippen LogP contribution in [0.5, 0.6) is 0 Å². The highest BCUT2D eigenvalue weighted by Gasteiger charge is 2.50. The van der Waals surface area contributed by atoms with Crippen molar-refractivity contribution in [3.8, 4) is 0 Å². The molecule has 2 fully saturated rings. The van der Waals surface area contributed by atoms with Crippen molar-refractivity contribution >= 4 is 17.3 Å². The Labute approximate surface area is 133 Å². The minimum Gasteiger partial charge on any atom is -0.358 e. The zero-order valence-corrected chi connectivity index (χ0v) is 14.2. The highest BCUT2D eigenvalue weighted by atomic mass is 32.1. The van der Waals surface area contributed by atoms with Crippen molar-refractivity contribution in [2.24, 2.45) is 10.8 Å². The number of fused-ring (bicyclic) bond motifs is 2. The topological polar surface area (TPSA) is 15.3 Å². The number of rotatable bonds is 2. The highest BCUT2D eigenvalue weighted by molar-refractivity contribution is 7.80. The van der Waals surface area contributed by atoms with E-state index in [0.29, 0.717) is 16.9 Å². The largest absolute Gasteiger partial charge is 0.358 e. The quantitative estimate of drug-likeness (QED) is 0.832. The number of hydrogen-bond acceptors (Lipinski definition) is 1. The monoisotopic (exact) mass is 302 g/mol. The number of nitrogens with zero attached hydrogens (tertiary/aromatic N) is 1. The van der Waals surface area contributed by atoms with Gasteiger partial charge in [-0.1, -0.05) is 51.1 Å². The molecule has 1 aliphatic carbocycles. The summed E-state index contributed by atoms with van der Waals surface area (Å²) in [4.78, 5) is 2.45. The Kier molecular flexibility index (Phi) is 3.73. The van der Waals surface area contributed by atoms with Gasteiger partial charge in [0.15, 0.2) is 5.11 Å². The standard InChI is InChI=1S/C18H26N2S/c1-17(2)9-15-10-18(3,12-17)13-20(15)16(21)19-11-14-7-5-4-6-8-14/h4-8,15H,9-13H2,1-3H3,(H,19,21). The third-order valence-corrected chi connectivity index (χ3v) is 5.34. The van der Waals surface area contributed by atoms with Crippen molar-refractivity contribution in [2.75, 3.05) is 6.54 Å². The fraction of sp³-hybridized carbons (Fsp3) is 0.611. The lowest BCUT2D eigenvalue weighted by atomic mass is 9.65. The molecule has 1 saturated carbocycles. The van der Waals surface area contributed by atoms with E-state index in [0.717, 1.165) is 18.2 Å². The summed E-state index contributed by atoms with van der Waals surface area (Å²) < 4.78 is 0. The number of nitrogens with one attached hydrogen (secondary N) is 1. The Morgan fingerprint density at radius 3 is 2.67 bits per heavy atom. The van der Waals surface area contributed by atoms with E-state index in [9.17, 15) is 0 Å². The first-order valence-corrected chi connectivity index (χ1v) is 8.36. The van der Waals surface area contributed by atoms with Crippen LogP contribution in [0.1, 0.15) is 45.6 Å². The minimum atomic E-state index is 0.435. The van der Waals surface area contributed by atoms with Crippen LogP contribution in [0.4, 0.5) is 0 Å². The first-order valence-electron chi connectivity index (χ1n) is 7.95. The lowest BCUT2D eigenvalue weighted by Crippen LogP contribution is -2.43. The van der Waals surface area contributed by atoms with Crippen molar-refractivity contribution in [2.45, 2.75) is 52.6 Å². The second kappa shape index (κ2) is 5.28. The number of hydrogen-bond donors (Lipinski definition) is 1. The van der Waals surface area contributed by atoms with Crippen LogP contribution in [0.2, 0.25) is 0 Å². The van der Waals surface area contributed by atoms with E-state index in [1.54, 1.807) is 0 Å². The predicted molar refractivity (Wildman–Crippen MR) is 92.1 cm³/mol. The van der Waals surface area contributed by atoms with Gasteiger partial charge in [-0.3, -0.25) is 0 Å². The second-order valence-corrected chi connectivity index (χ2v) is 8.37. The van der Waals surface area contributed by atoms with Crippen molar-refractivity contribution in [1.82, 2.24) is 10.2 Å². The molecule has 1 aromatic rings. The average molecular weight is 302 g/mol. The number of benzene rings is 1. The molecule has 0 spiro atoms. The molecule has 114 valence electrons. The molecule has 1 aromatic carbocycles. The fourth-order valence-corrected chi connectivity index (χ4v) is 4.86. The number of likely N-dealkylation sites (tertiary alicyclic amines) is 1. The van der Waals surface area contributed by atoms with Crippen LogP contribution in [0.15, 0.2) is 30.3 Å². The maximum atomic E-state index is 5.68. The zero-order chi connectivity index (χ0) is 15.1. The van der Waals surface area contributed by atoms with Crippen LogP contribution in [-0.2, 0) is 6.54 Å². The molecule has 0 aromatic heterocycles. The summed E-state index contributed by atoms with van der Waals surface area (Å²) in [6, 6.07) is 11.1. The maximum Gasteiger partial charge on any atom is 0.169 e. The average Bonchev–Trinajstić information content (AvgIpc) is 2.66. The van der Waals surface area contributed by atoms with E-state index in [4.69, 9.17) is 12.2 Å². The van der Waals surface area contributed by atoms with E-state index >= 15 is 0 Å². The van der Waals surface area contributed by atoms with Crippen molar-refractivity contribution in [3.63, 3.8) is 0 Å². The molecule has 2 unspecified atom stereocenters. The normalized spacial score (nSPS) is 30.2. The molecule has 2 bridgehead atoms. The molecule has 0 amide bonds. The fourth-order valence-electron chi connectivity index (χ4n) is 4.57. The van der Waals surface area contributed by atoms with Gasteiger partial charge in [-0.2, -0.15) is 0 Å². The summed E-state index contributed by atoms with van der Waals surface area (Å²) in [5, 5.41) is 4.39. The third kappa shape index (κ3) is 3.23.